The van der Waals surface area contributed by atoms with Crippen LogP contribution in [0.1, 0.15) is 23.5 Å². The molecule has 0 fully saturated rings. The Bertz CT molecular complexity index is 505. The Hall–Kier alpha value is -1.80. The minimum Gasteiger partial charge on any atom is -0.457 e. The maximum Gasteiger partial charge on any atom is 0.131 e. The molecular formula is C16H17NO. The predicted octanol–water partition coefficient (Wildman–Crippen LogP) is 3.53. The fourth-order valence-electron chi connectivity index (χ4n) is 2.61. The summed E-state index contributed by atoms with van der Waals surface area (Å²) in [4.78, 5) is 0. The van der Waals surface area contributed by atoms with Gasteiger partial charge in [0.05, 0.1) is 0 Å². The lowest BCUT2D eigenvalue weighted by Crippen LogP contribution is -2.16. The van der Waals surface area contributed by atoms with Crippen molar-refractivity contribution in [3.63, 3.8) is 0 Å². The molecule has 0 unspecified atom stereocenters. The smallest absolute Gasteiger partial charge is 0.131 e. The highest BCUT2D eigenvalue weighted by Gasteiger charge is 2.25. The fourth-order valence-corrected chi connectivity index (χ4v) is 2.61. The minimum atomic E-state index is 0.429. The summed E-state index contributed by atoms with van der Waals surface area (Å²) < 4.78 is 5.97. The van der Waals surface area contributed by atoms with Crippen LogP contribution in [0.25, 0.3) is 0 Å². The summed E-state index contributed by atoms with van der Waals surface area (Å²) in [5.41, 5.74) is 2.60. The number of fused-ring (bicyclic) bond motifs is 2. The third-order valence-electron chi connectivity index (χ3n) is 3.49. The van der Waals surface area contributed by atoms with E-state index < -0.39 is 0 Å². The molecule has 92 valence electrons. The van der Waals surface area contributed by atoms with Crippen molar-refractivity contribution in [2.24, 2.45) is 0 Å². The molecule has 0 bridgehead atoms. The number of para-hydroxylation sites is 2. The van der Waals surface area contributed by atoms with Gasteiger partial charge in [0.1, 0.15) is 11.5 Å². The molecule has 2 aromatic carbocycles. The van der Waals surface area contributed by atoms with Crippen LogP contribution in [-0.2, 0) is 0 Å². The van der Waals surface area contributed by atoms with Crippen molar-refractivity contribution in [1.82, 2.24) is 5.32 Å². The lowest BCUT2D eigenvalue weighted by Gasteiger charge is -2.28. The van der Waals surface area contributed by atoms with Crippen LogP contribution in [0.5, 0.6) is 11.5 Å². The molecule has 0 aromatic heterocycles. The first-order chi connectivity index (χ1) is 8.90. The standard InChI is InChI=1S/C16H17NO/c1-17-11-10-12-13-6-2-4-8-15(13)18-16-9-5-3-7-14(12)16/h2-9,12,17H,10-11H2,1H3. The quantitative estimate of drug-likeness (QED) is 0.884. The van der Waals surface area contributed by atoms with E-state index in [1.165, 1.54) is 11.1 Å². The Morgan fingerprint density at radius 2 is 1.50 bits per heavy atom. The molecule has 1 N–H and O–H groups in total. The maximum absolute atomic E-state index is 5.97. The molecule has 1 aliphatic heterocycles. The molecule has 18 heavy (non-hydrogen) atoms. The van der Waals surface area contributed by atoms with Gasteiger partial charge in [-0.05, 0) is 32.1 Å². The van der Waals surface area contributed by atoms with Gasteiger partial charge in [0.2, 0.25) is 0 Å². The molecule has 1 heterocycles. The highest BCUT2D eigenvalue weighted by molar-refractivity contribution is 5.53. The largest absolute Gasteiger partial charge is 0.457 e. The first-order valence-electron chi connectivity index (χ1n) is 6.40. The van der Waals surface area contributed by atoms with Crippen molar-refractivity contribution in [3.8, 4) is 11.5 Å². The van der Waals surface area contributed by atoms with Gasteiger partial charge in [-0.3, -0.25) is 0 Å². The number of rotatable bonds is 3. The van der Waals surface area contributed by atoms with Gasteiger partial charge in [-0.2, -0.15) is 0 Å². The molecule has 0 saturated carbocycles. The van der Waals surface area contributed by atoms with E-state index in [-0.39, 0.29) is 0 Å². The zero-order valence-electron chi connectivity index (χ0n) is 10.5. The van der Waals surface area contributed by atoms with Crippen molar-refractivity contribution in [3.05, 3.63) is 59.7 Å². The van der Waals surface area contributed by atoms with Crippen LogP contribution in [0.3, 0.4) is 0 Å². The minimum absolute atomic E-state index is 0.429. The zero-order chi connectivity index (χ0) is 12.4. The third kappa shape index (κ3) is 1.89. The second-order valence-electron chi connectivity index (χ2n) is 4.62. The van der Waals surface area contributed by atoms with Gasteiger partial charge in [0, 0.05) is 17.0 Å². The van der Waals surface area contributed by atoms with Crippen LogP contribution >= 0.6 is 0 Å². The molecular weight excluding hydrogens is 222 g/mol. The van der Waals surface area contributed by atoms with Crippen molar-refractivity contribution < 1.29 is 4.74 Å². The molecule has 0 atom stereocenters. The van der Waals surface area contributed by atoms with Crippen molar-refractivity contribution in [1.29, 1.82) is 0 Å². The van der Waals surface area contributed by atoms with Gasteiger partial charge < -0.3 is 10.1 Å². The van der Waals surface area contributed by atoms with E-state index >= 15 is 0 Å². The Morgan fingerprint density at radius 3 is 2.06 bits per heavy atom. The molecule has 0 aliphatic carbocycles. The monoisotopic (exact) mass is 239 g/mol. The van der Waals surface area contributed by atoms with Crippen LogP contribution in [0, 0.1) is 0 Å². The maximum atomic E-state index is 5.97. The Labute approximate surface area is 108 Å². The summed E-state index contributed by atoms with van der Waals surface area (Å²) >= 11 is 0. The van der Waals surface area contributed by atoms with E-state index in [2.05, 4.69) is 41.7 Å². The van der Waals surface area contributed by atoms with Crippen molar-refractivity contribution in [2.75, 3.05) is 13.6 Å². The molecule has 2 heteroatoms. The van der Waals surface area contributed by atoms with E-state index in [0.29, 0.717) is 5.92 Å². The number of hydrogen-bond acceptors (Lipinski definition) is 2. The number of nitrogens with one attached hydrogen (secondary N) is 1. The predicted molar refractivity (Wildman–Crippen MR) is 73.3 cm³/mol. The number of benzene rings is 2. The normalized spacial score (nSPS) is 13.6. The molecule has 0 saturated heterocycles. The highest BCUT2D eigenvalue weighted by Crippen LogP contribution is 2.44. The lowest BCUT2D eigenvalue weighted by atomic mass is 9.85. The average Bonchev–Trinajstić information content (AvgIpc) is 2.43. The van der Waals surface area contributed by atoms with Crippen LogP contribution in [0.15, 0.2) is 48.5 Å². The van der Waals surface area contributed by atoms with Crippen molar-refractivity contribution in [2.45, 2.75) is 12.3 Å². The molecule has 0 amide bonds. The van der Waals surface area contributed by atoms with Gasteiger partial charge in [-0.1, -0.05) is 36.4 Å². The molecule has 0 radical (unpaired) electrons. The second-order valence-corrected chi connectivity index (χ2v) is 4.62. The summed E-state index contributed by atoms with van der Waals surface area (Å²) in [5, 5.41) is 3.24. The highest BCUT2D eigenvalue weighted by atomic mass is 16.5. The lowest BCUT2D eigenvalue weighted by molar-refractivity contribution is 0.439. The average molecular weight is 239 g/mol. The van der Waals surface area contributed by atoms with Gasteiger partial charge in [0.25, 0.3) is 0 Å². The second kappa shape index (κ2) is 4.83. The van der Waals surface area contributed by atoms with Gasteiger partial charge >= 0.3 is 0 Å². The molecule has 0 spiro atoms. The summed E-state index contributed by atoms with van der Waals surface area (Å²) in [7, 11) is 2.00. The molecule has 1 aliphatic rings. The van der Waals surface area contributed by atoms with E-state index in [1.807, 2.05) is 19.2 Å². The SMILES string of the molecule is CNCCC1c2ccccc2Oc2ccccc21. The molecule has 3 rings (SSSR count). The number of ether oxygens (including phenoxy) is 1. The Balaban J connectivity index is 2.05. The first kappa shape index (κ1) is 11.3. The fraction of sp³-hybridized carbons (Fsp3) is 0.250. The Kier molecular flexibility index (Phi) is 3.03. The van der Waals surface area contributed by atoms with Gasteiger partial charge in [-0.25, -0.2) is 0 Å². The first-order valence-corrected chi connectivity index (χ1v) is 6.40. The van der Waals surface area contributed by atoms with Crippen LogP contribution in [0.2, 0.25) is 0 Å². The summed E-state index contributed by atoms with van der Waals surface area (Å²) in [6, 6.07) is 16.7. The zero-order valence-corrected chi connectivity index (χ0v) is 10.5. The molecule has 2 nitrogen and oxygen atoms in total. The van der Waals surface area contributed by atoms with Gasteiger partial charge in [0.15, 0.2) is 0 Å². The molecule has 2 aromatic rings. The third-order valence-corrected chi connectivity index (χ3v) is 3.49. The van der Waals surface area contributed by atoms with Crippen LogP contribution in [0.4, 0.5) is 0 Å². The number of hydrogen-bond donors (Lipinski definition) is 1. The van der Waals surface area contributed by atoms with Crippen molar-refractivity contribution >= 4 is 0 Å². The Morgan fingerprint density at radius 1 is 0.944 bits per heavy atom. The summed E-state index contributed by atoms with van der Waals surface area (Å²) in [5.74, 6) is 2.42. The topological polar surface area (TPSA) is 21.3 Å². The van der Waals surface area contributed by atoms with Gasteiger partial charge in [-0.15, -0.1) is 0 Å². The van der Waals surface area contributed by atoms with E-state index in [1.54, 1.807) is 0 Å². The summed E-state index contributed by atoms with van der Waals surface area (Å²) in [6.45, 7) is 1.01. The van der Waals surface area contributed by atoms with E-state index in [0.717, 1.165) is 24.5 Å². The van der Waals surface area contributed by atoms with Crippen LogP contribution in [-0.4, -0.2) is 13.6 Å². The summed E-state index contributed by atoms with van der Waals surface area (Å²) in [6.07, 6.45) is 1.09. The van der Waals surface area contributed by atoms with Crippen LogP contribution < -0.4 is 10.1 Å². The van der Waals surface area contributed by atoms with E-state index in [4.69, 9.17) is 4.74 Å². The van der Waals surface area contributed by atoms with E-state index in [9.17, 15) is 0 Å².